The number of hydrogen-bond acceptors (Lipinski definition) is 5. The minimum atomic E-state index is -0.580. The zero-order chi connectivity index (χ0) is 18.3. The van der Waals surface area contributed by atoms with E-state index < -0.39 is 17.5 Å². The van der Waals surface area contributed by atoms with Gasteiger partial charge in [0, 0.05) is 0 Å². The van der Waals surface area contributed by atoms with Crippen molar-refractivity contribution in [2.24, 2.45) is 5.92 Å². The highest BCUT2D eigenvalue weighted by Gasteiger charge is 2.27. The molecule has 0 saturated carbocycles. The van der Waals surface area contributed by atoms with Crippen molar-refractivity contribution in [3.05, 3.63) is 29.8 Å². The summed E-state index contributed by atoms with van der Waals surface area (Å²) in [6, 6.07) is 7.41. The van der Waals surface area contributed by atoms with Crippen LogP contribution in [0.3, 0.4) is 0 Å². The number of hydrogen-bond donors (Lipinski definition) is 0. The Balaban J connectivity index is 2.83. The number of ether oxygens (including phenoxy) is 3. The average molecular weight is 336 g/mol. The molecule has 5 heteroatoms. The third kappa shape index (κ3) is 7.49. The SMILES string of the molecule is COc1ccc(C[C@@H](CC(=O)OC(C)(C)C)C(=O)OC(C)C)cc1. The first-order chi connectivity index (χ1) is 11.1. The number of esters is 2. The lowest BCUT2D eigenvalue weighted by Gasteiger charge is -2.22. The Hall–Kier alpha value is -2.04. The van der Waals surface area contributed by atoms with Gasteiger partial charge >= 0.3 is 11.9 Å². The van der Waals surface area contributed by atoms with Crippen LogP contribution in [0.2, 0.25) is 0 Å². The van der Waals surface area contributed by atoms with Gasteiger partial charge in [-0.05, 0) is 58.7 Å². The molecule has 0 saturated heterocycles. The molecule has 0 radical (unpaired) electrons. The summed E-state index contributed by atoms with van der Waals surface area (Å²) in [5, 5.41) is 0. The molecule has 0 aliphatic heterocycles. The van der Waals surface area contributed by atoms with Crippen molar-refractivity contribution in [2.75, 3.05) is 7.11 Å². The van der Waals surface area contributed by atoms with Gasteiger partial charge < -0.3 is 14.2 Å². The molecule has 0 spiro atoms. The first-order valence-corrected chi connectivity index (χ1v) is 8.16. The Morgan fingerprint density at radius 2 is 1.67 bits per heavy atom. The summed E-state index contributed by atoms with van der Waals surface area (Å²) in [6.45, 7) is 8.98. The van der Waals surface area contributed by atoms with Gasteiger partial charge in [-0.15, -0.1) is 0 Å². The zero-order valence-corrected chi connectivity index (χ0v) is 15.4. The van der Waals surface area contributed by atoms with E-state index in [9.17, 15) is 9.59 Å². The number of benzene rings is 1. The van der Waals surface area contributed by atoms with Gasteiger partial charge in [-0.2, -0.15) is 0 Å². The minimum Gasteiger partial charge on any atom is -0.497 e. The smallest absolute Gasteiger partial charge is 0.310 e. The molecule has 1 atom stereocenters. The van der Waals surface area contributed by atoms with Gasteiger partial charge in [-0.1, -0.05) is 12.1 Å². The fourth-order valence-corrected chi connectivity index (χ4v) is 2.20. The molecule has 0 N–H and O–H groups in total. The van der Waals surface area contributed by atoms with E-state index in [4.69, 9.17) is 14.2 Å². The van der Waals surface area contributed by atoms with E-state index in [2.05, 4.69) is 0 Å². The molecule has 1 aromatic rings. The van der Waals surface area contributed by atoms with Crippen LogP contribution < -0.4 is 4.74 Å². The summed E-state index contributed by atoms with van der Waals surface area (Å²) < 4.78 is 15.7. The van der Waals surface area contributed by atoms with Crippen molar-refractivity contribution < 1.29 is 23.8 Å². The minimum absolute atomic E-state index is 0.00511. The van der Waals surface area contributed by atoms with E-state index in [1.54, 1.807) is 41.7 Å². The van der Waals surface area contributed by atoms with E-state index in [0.717, 1.165) is 11.3 Å². The lowest BCUT2D eigenvalue weighted by atomic mass is 9.96. The summed E-state index contributed by atoms with van der Waals surface area (Å²) in [6.07, 6.45) is 0.179. The van der Waals surface area contributed by atoms with Crippen LogP contribution in [-0.2, 0) is 25.5 Å². The molecule has 0 aliphatic rings. The van der Waals surface area contributed by atoms with Crippen LogP contribution in [0, 0.1) is 5.92 Å². The van der Waals surface area contributed by atoms with E-state index >= 15 is 0 Å². The predicted octanol–water partition coefficient (Wildman–Crippen LogP) is 3.54. The predicted molar refractivity (Wildman–Crippen MR) is 91.9 cm³/mol. The second-order valence-electron chi connectivity index (χ2n) is 7.03. The third-order valence-corrected chi connectivity index (χ3v) is 3.16. The van der Waals surface area contributed by atoms with Gasteiger partial charge in [0.15, 0.2) is 0 Å². The van der Waals surface area contributed by atoms with Gasteiger partial charge in [0.05, 0.1) is 25.6 Å². The van der Waals surface area contributed by atoms with Crippen molar-refractivity contribution in [2.45, 2.75) is 59.2 Å². The molecule has 1 aromatic carbocycles. The Morgan fingerprint density at radius 3 is 2.12 bits per heavy atom. The molecule has 0 aliphatic carbocycles. The Morgan fingerprint density at radius 1 is 1.08 bits per heavy atom. The molecule has 134 valence electrons. The maximum atomic E-state index is 12.3. The first kappa shape index (κ1) is 20.0. The summed E-state index contributed by atoms with van der Waals surface area (Å²) in [4.78, 5) is 24.4. The normalized spacial score (nSPS) is 12.6. The van der Waals surface area contributed by atoms with Crippen LogP contribution in [-0.4, -0.2) is 30.8 Å². The second-order valence-corrected chi connectivity index (χ2v) is 7.03. The summed E-state index contributed by atoms with van der Waals surface area (Å²) in [5.74, 6) is -0.615. The van der Waals surface area contributed by atoms with Gasteiger partial charge in [0.25, 0.3) is 0 Å². The van der Waals surface area contributed by atoms with Crippen LogP contribution in [0.25, 0.3) is 0 Å². The number of carbonyl (C=O) groups excluding carboxylic acids is 2. The van der Waals surface area contributed by atoms with Crippen LogP contribution in [0.5, 0.6) is 5.75 Å². The molecule has 0 aromatic heterocycles. The summed E-state index contributed by atoms with van der Waals surface area (Å²) in [5.41, 5.74) is 0.356. The van der Waals surface area contributed by atoms with Crippen molar-refractivity contribution in [3.8, 4) is 5.75 Å². The van der Waals surface area contributed by atoms with Gasteiger partial charge in [0.1, 0.15) is 11.4 Å². The molecule has 0 fully saturated rings. The number of carbonyl (C=O) groups is 2. The van der Waals surface area contributed by atoms with E-state index in [-0.39, 0.29) is 18.5 Å². The van der Waals surface area contributed by atoms with Gasteiger partial charge in [0.2, 0.25) is 0 Å². The number of methoxy groups -OCH3 is 1. The van der Waals surface area contributed by atoms with Crippen molar-refractivity contribution >= 4 is 11.9 Å². The quantitative estimate of drug-likeness (QED) is 0.713. The second kappa shape index (κ2) is 8.71. The van der Waals surface area contributed by atoms with Crippen LogP contribution in [0.1, 0.15) is 46.6 Å². The van der Waals surface area contributed by atoms with E-state index in [1.165, 1.54) is 0 Å². The average Bonchev–Trinajstić information content (AvgIpc) is 2.44. The topological polar surface area (TPSA) is 61.8 Å². The van der Waals surface area contributed by atoms with Crippen molar-refractivity contribution in [1.29, 1.82) is 0 Å². The lowest BCUT2D eigenvalue weighted by molar-refractivity contribution is -0.163. The summed E-state index contributed by atoms with van der Waals surface area (Å²) >= 11 is 0. The largest absolute Gasteiger partial charge is 0.497 e. The number of rotatable bonds is 7. The molecule has 5 nitrogen and oxygen atoms in total. The van der Waals surface area contributed by atoms with Gasteiger partial charge in [-0.3, -0.25) is 9.59 Å². The van der Waals surface area contributed by atoms with Gasteiger partial charge in [-0.25, -0.2) is 0 Å². The van der Waals surface area contributed by atoms with Crippen LogP contribution in [0.4, 0.5) is 0 Å². The molecular weight excluding hydrogens is 308 g/mol. The molecule has 1 rings (SSSR count). The van der Waals surface area contributed by atoms with Crippen LogP contribution >= 0.6 is 0 Å². The highest BCUT2D eigenvalue weighted by atomic mass is 16.6. The molecule has 0 bridgehead atoms. The van der Waals surface area contributed by atoms with E-state index in [0.29, 0.717) is 6.42 Å². The summed E-state index contributed by atoms with van der Waals surface area (Å²) in [7, 11) is 1.60. The maximum absolute atomic E-state index is 12.3. The fourth-order valence-electron chi connectivity index (χ4n) is 2.20. The molecule has 0 amide bonds. The van der Waals surface area contributed by atoms with E-state index in [1.807, 2.05) is 24.3 Å². The van der Waals surface area contributed by atoms with Crippen molar-refractivity contribution in [1.82, 2.24) is 0 Å². The maximum Gasteiger partial charge on any atom is 0.310 e. The molecular formula is C19H28O5. The Labute approximate surface area is 144 Å². The Kier molecular flexibility index (Phi) is 7.26. The molecule has 24 heavy (non-hydrogen) atoms. The first-order valence-electron chi connectivity index (χ1n) is 8.16. The molecule has 0 unspecified atom stereocenters. The fraction of sp³-hybridized carbons (Fsp3) is 0.579. The van der Waals surface area contributed by atoms with Crippen molar-refractivity contribution in [3.63, 3.8) is 0 Å². The standard InChI is InChI=1S/C19H28O5/c1-13(2)23-18(21)15(12-17(20)24-19(3,4)5)11-14-7-9-16(22-6)10-8-14/h7-10,13,15H,11-12H2,1-6H3/t15-/m0/s1. The Bertz CT molecular complexity index is 540. The zero-order valence-electron chi connectivity index (χ0n) is 15.4. The molecule has 0 heterocycles. The highest BCUT2D eigenvalue weighted by Crippen LogP contribution is 2.20. The monoisotopic (exact) mass is 336 g/mol. The highest BCUT2D eigenvalue weighted by molar-refractivity contribution is 5.80. The third-order valence-electron chi connectivity index (χ3n) is 3.16. The van der Waals surface area contributed by atoms with Crippen LogP contribution in [0.15, 0.2) is 24.3 Å². The lowest BCUT2D eigenvalue weighted by Crippen LogP contribution is -2.30.